The van der Waals surface area contributed by atoms with Crippen LogP contribution in [-0.2, 0) is 28.8 Å². The third-order valence-electron chi connectivity index (χ3n) is 7.04. The number of aliphatic hydroxyl groups is 1. The highest BCUT2D eigenvalue weighted by Crippen LogP contribution is 2.34. The maximum atomic E-state index is 12.0. The van der Waals surface area contributed by atoms with Gasteiger partial charge < -0.3 is 24.5 Å². The van der Waals surface area contributed by atoms with Crippen LogP contribution >= 0.6 is 0 Å². The van der Waals surface area contributed by atoms with Gasteiger partial charge in [0, 0.05) is 13.1 Å². The quantitative estimate of drug-likeness (QED) is 0.425. The number of likely N-dealkylation sites (tertiary alicyclic amines) is 1. The van der Waals surface area contributed by atoms with Crippen LogP contribution in [0.1, 0.15) is 38.5 Å². The molecular formula is C21H33N3O8. The summed E-state index contributed by atoms with van der Waals surface area (Å²) in [6.07, 6.45) is 3.97. The summed E-state index contributed by atoms with van der Waals surface area (Å²) in [6.45, 7) is 1.55. The van der Waals surface area contributed by atoms with Crippen molar-refractivity contribution >= 4 is 18.5 Å². The van der Waals surface area contributed by atoms with Crippen molar-refractivity contribution in [2.45, 2.75) is 81.0 Å². The lowest BCUT2D eigenvalue weighted by Gasteiger charge is -2.48. The summed E-state index contributed by atoms with van der Waals surface area (Å²) in [5, 5.41) is 23.1. The zero-order valence-corrected chi connectivity index (χ0v) is 18.2. The highest BCUT2D eigenvalue weighted by molar-refractivity contribution is 5.73. The van der Waals surface area contributed by atoms with Crippen molar-refractivity contribution in [3.8, 4) is 0 Å². The number of aliphatic hydroxyl groups excluding tert-OH is 1. The molecule has 0 aromatic rings. The van der Waals surface area contributed by atoms with Crippen molar-refractivity contribution in [3.63, 3.8) is 0 Å². The number of ether oxygens (including phenoxy) is 1. The lowest BCUT2D eigenvalue weighted by Crippen LogP contribution is -2.66. The summed E-state index contributed by atoms with van der Waals surface area (Å²) in [5.74, 6) is -0.911. The molecule has 0 spiro atoms. The molecule has 11 nitrogen and oxygen atoms in total. The molecule has 7 atom stereocenters. The SMILES string of the molecule is O=C[C@@H]1CCCN1O[C@H]1COC(CO)[C@H](ON2CCC[C@H]2C=O)[C@@H]1N1CCC[C@H]1C(=O)O. The first-order chi connectivity index (χ1) is 15.6. The van der Waals surface area contributed by atoms with Gasteiger partial charge in [-0.1, -0.05) is 0 Å². The lowest BCUT2D eigenvalue weighted by atomic mass is 9.94. The van der Waals surface area contributed by atoms with E-state index in [-0.39, 0.29) is 25.3 Å². The molecular weight excluding hydrogens is 422 g/mol. The molecule has 0 radical (unpaired) electrons. The molecule has 32 heavy (non-hydrogen) atoms. The van der Waals surface area contributed by atoms with Gasteiger partial charge in [0.25, 0.3) is 0 Å². The highest BCUT2D eigenvalue weighted by Gasteiger charge is 2.51. The number of nitrogens with zero attached hydrogens (tertiary/aromatic N) is 3. The van der Waals surface area contributed by atoms with E-state index >= 15 is 0 Å². The number of carbonyl (C=O) groups is 3. The van der Waals surface area contributed by atoms with Gasteiger partial charge in [-0.3, -0.25) is 19.4 Å². The van der Waals surface area contributed by atoms with Crippen LogP contribution in [0.5, 0.6) is 0 Å². The summed E-state index contributed by atoms with van der Waals surface area (Å²) in [4.78, 5) is 49.3. The van der Waals surface area contributed by atoms with Gasteiger partial charge in [0.05, 0.1) is 31.3 Å². The smallest absolute Gasteiger partial charge is 0.320 e. The first-order valence-corrected chi connectivity index (χ1v) is 11.6. The van der Waals surface area contributed by atoms with Crippen molar-refractivity contribution in [2.75, 3.05) is 32.8 Å². The highest BCUT2D eigenvalue weighted by atomic mass is 16.7. The molecule has 1 unspecified atom stereocenters. The molecule has 4 rings (SSSR count). The first kappa shape index (κ1) is 23.7. The predicted octanol–water partition coefficient (Wildman–Crippen LogP) is -0.778. The molecule has 0 aromatic heterocycles. The zero-order valence-electron chi connectivity index (χ0n) is 18.2. The predicted molar refractivity (Wildman–Crippen MR) is 109 cm³/mol. The Morgan fingerprint density at radius 1 is 0.969 bits per heavy atom. The number of aldehydes is 2. The minimum Gasteiger partial charge on any atom is -0.480 e. The van der Waals surface area contributed by atoms with Crippen LogP contribution in [0.15, 0.2) is 0 Å². The van der Waals surface area contributed by atoms with Gasteiger partial charge in [-0.15, -0.1) is 0 Å². The molecule has 4 aliphatic rings. The number of rotatable bonds is 9. The Labute approximate surface area is 187 Å². The molecule has 0 aromatic carbocycles. The van der Waals surface area contributed by atoms with E-state index in [1.54, 1.807) is 10.1 Å². The fraction of sp³-hybridized carbons (Fsp3) is 0.857. The van der Waals surface area contributed by atoms with Gasteiger partial charge in [0.2, 0.25) is 0 Å². The number of carboxylic acid groups (broad SMARTS) is 1. The van der Waals surface area contributed by atoms with E-state index in [1.807, 2.05) is 4.90 Å². The van der Waals surface area contributed by atoms with E-state index in [9.17, 15) is 24.6 Å². The molecule has 4 fully saturated rings. The molecule has 0 saturated carbocycles. The minimum absolute atomic E-state index is 0.137. The van der Waals surface area contributed by atoms with E-state index < -0.39 is 36.4 Å². The topological polar surface area (TPSA) is 129 Å². The summed E-state index contributed by atoms with van der Waals surface area (Å²) in [5.41, 5.74) is 0. The molecule has 2 N–H and O–H groups in total. The van der Waals surface area contributed by atoms with Crippen LogP contribution in [0.2, 0.25) is 0 Å². The summed E-state index contributed by atoms with van der Waals surface area (Å²) < 4.78 is 5.89. The largest absolute Gasteiger partial charge is 0.480 e. The second-order valence-corrected chi connectivity index (χ2v) is 8.97. The van der Waals surface area contributed by atoms with Gasteiger partial charge >= 0.3 is 5.97 Å². The van der Waals surface area contributed by atoms with Crippen molar-refractivity contribution in [1.29, 1.82) is 0 Å². The number of aliphatic carboxylic acids is 1. The molecule has 180 valence electrons. The van der Waals surface area contributed by atoms with Crippen molar-refractivity contribution in [1.82, 2.24) is 15.0 Å². The van der Waals surface area contributed by atoms with Gasteiger partial charge in [0.1, 0.15) is 36.9 Å². The number of hydrogen-bond acceptors (Lipinski definition) is 10. The average molecular weight is 456 g/mol. The standard InChI is InChI=1S/C21H33N3O8/c25-10-14-4-1-8-23(14)31-18-13-30-17(12-27)20(32-24-9-2-5-15(24)11-26)19(18)22-7-3-6-16(22)21(28)29/h10-11,14-20,27H,1-9,12-13H2,(H,28,29)/t14-,15-,16-,17?,18-,19+,20-/m0/s1. The van der Waals surface area contributed by atoms with Gasteiger partial charge in [-0.05, 0) is 45.1 Å². The Kier molecular flexibility index (Phi) is 7.87. The number of carboxylic acids is 1. The van der Waals surface area contributed by atoms with Crippen LogP contribution in [0.3, 0.4) is 0 Å². The molecule has 0 amide bonds. The van der Waals surface area contributed by atoms with Crippen LogP contribution in [0.4, 0.5) is 0 Å². The molecule has 4 aliphatic heterocycles. The van der Waals surface area contributed by atoms with Crippen LogP contribution in [-0.4, -0.2) is 119 Å². The first-order valence-electron chi connectivity index (χ1n) is 11.6. The average Bonchev–Trinajstić information content (AvgIpc) is 3.54. The van der Waals surface area contributed by atoms with E-state index in [0.29, 0.717) is 38.9 Å². The fourth-order valence-electron chi connectivity index (χ4n) is 5.43. The summed E-state index contributed by atoms with van der Waals surface area (Å²) >= 11 is 0. The second-order valence-electron chi connectivity index (χ2n) is 8.97. The van der Waals surface area contributed by atoms with E-state index in [4.69, 9.17) is 14.4 Å². The third kappa shape index (κ3) is 4.74. The maximum Gasteiger partial charge on any atom is 0.320 e. The Morgan fingerprint density at radius 3 is 2.19 bits per heavy atom. The van der Waals surface area contributed by atoms with Crippen LogP contribution in [0, 0.1) is 0 Å². The molecule has 4 heterocycles. The van der Waals surface area contributed by atoms with Crippen molar-refractivity contribution < 1.29 is 39.0 Å². The maximum absolute atomic E-state index is 12.0. The van der Waals surface area contributed by atoms with E-state index in [2.05, 4.69) is 0 Å². The third-order valence-corrected chi connectivity index (χ3v) is 7.04. The van der Waals surface area contributed by atoms with Gasteiger partial charge in [-0.2, -0.15) is 10.1 Å². The zero-order chi connectivity index (χ0) is 22.7. The lowest BCUT2D eigenvalue weighted by molar-refractivity contribution is -0.314. The summed E-state index contributed by atoms with van der Waals surface area (Å²) in [6, 6.07) is -1.96. The summed E-state index contributed by atoms with van der Waals surface area (Å²) in [7, 11) is 0. The van der Waals surface area contributed by atoms with E-state index in [1.165, 1.54) is 0 Å². The Balaban J connectivity index is 1.62. The molecule has 4 saturated heterocycles. The number of hydroxylamine groups is 4. The van der Waals surface area contributed by atoms with Crippen LogP contribution in [0.25, 0.3) is 0 Å². The normalized spacial score (nSPS) is 39.5. The molecule has 0 bridgehead atoms. The van der Waals surface area contributed by atoms with Gasteiger partial charge in [-0.25, -0.2) is 0 Å². The number of carbonyl (C=O) groups excluding carboxylic acids is 2. The molecule has 0 aliphatic carbocycles. The second kappa shape index (κ2) is 10.6. The molecule has 11 heteroatoms. The van der Waals surface area contributed by atoms with E-state index in [0.717, 1.165) is 31.8 Å². The fourth-order valence-corrected chi connectivity index (χ4v) is 5.43. The van der Waals surface area contributed by atoms with Gasteiger partial charge in [0.15, 0.2) is 0 Å². The number of hydrogen-bond donors (Lipinski definition) is 2. The minimum atomic E-state index is -0.911. The Morgan fingerprint density at radius 2 is 1.59 bits per heavy atom. The Bertz CT molecular complexity index is 681. The van der Waals surface area contributed by atoms with Crippen molar-refractivity contribution in [3.05, 3.63) is 0 Å². The monoisotopic (exact) mass is 455 g/mol. The van der Waals surface area contributed by atoms with Crippen LogP contribution < -0.4 is 0 Å². The van der Waals surface area contributed by atoms with Crippen molar-refractivity contribution in [2.24, 2.45) is 0 Å². The Hall–Kier alpha value is -1.47.